The molecular weight excluding hydrogens is 264 g/mol. The van der Waals surface area contributed by atoms with E-state index < -0.39 is 16.1 Å². The molecule has 106 valence electrons. The highest BCUT2D eigenvalue weighted by atomic mass is 32.2. The van der Waals surface area contributed by atoms with Crippen LogP contribution in [-0.2, 0) is 15.8 Å². The maximum atomic E-state index is 12.0. The number of anilines is 1. The van der Waals surface area contributed by atoms with Crippen molar-refractivity contribution in [3.8, 4) is 0 Å². The van der Waals surface area contributed by atoms with Crippen LogP contribution >= 0.6 is 0 Å². The molecular formula is C13H20N2O3S. The standard InChI is InChI=1S/C13H20N2O3S/c14-11-7-5-10(6-8-11)9-19(17,18)15-12-3-1-2-4-13(12)16/h5-8,12-13,15-16H,1-4,9,14H2. The Morgan fingerprint density at radius 1 is 1.21 bits per heavy atom. The molecule has 1 aliphatic carbocycles. The number of sulfonamides is 1. The van der Waals surface area contributed by atoms with Crippen LogP contribution in [0.25, 0.3) is 0 Å². The summed E-state index contributed by atoms with van der Waals surface area (Å²) in [6.07, 6.45) is 2.69. The van der Waals surface area contributed by atoms with Gasteiger partial charge in [0.1, 0.15) is 0 Å². The van der Waals surface area contributed by atoms with Gasteiger partial charge in [-0.15, -0.1) is 0 Å². The van der Waals surface area contributed by atoms with Crippen LogP contribution in [0.3, 0.4) is 0 Å². The number of nitrogen functional groups attached to an aromatic ring is 1. The van der Waals surface area contributed by atoms with Crippen molar-refractivity contribution in [3.63, 3.8) is 0 Å². The van der Waals surface area contributed by atoms with Gasteiger partial charge in [-0.1, -0.05) is 25.0 Å². The zero-order valence-electron chi connectivity index (χ0n) is 10.7. The van der Waals surface area contributed by atoms with Gasteiger partial charge in [0.15, 0.2) is 0 Å². The Balaban J connectivity index is 2.00. The molecule has 1 aliphatic rings. The van der Waals surface area contributed by atoms with Gasteiger partial charge in [0.25, 0.3) is 0 Å². The van der Waals surface area contributed by atoms with E-state index in [1.54, 1.807) is 24.3 Å². The first-order chi connectivity index (χ1) is 8.96. The molecule has 0 amide bonds. The van der Waals surface area contributed by atoms with E-state index in [0.717, 1.165) is 12.8 Å². The van der Waals surface area contributed by atoms with E-state index in [0.29, 0.717) is 24.1 Å². The Kier molecular flexibility index (Phi) is 4.44. The van der Waals surface area contributed by atoms with Crippen LogP contribution in [-0.4, -0.2) is 25.7 Å². The molecule has 1 saturated carbocycles. The molecule has 2 rings (SSSR count). The Hall–Kier alpha value is -1.11. The summed E-state index contributed by atoms with van der Waals surface area (Å²) in [4.78, 5) is 0. The van der Waals surface area contributed by atoms with Crippen LogP contribution in [0.15, 0.2) is 24.3 Å². The van der Waals surface area contributed by atoms with Crippen molar-refractivity contribution in [2.75, 3.05) is 5.73 Å². The normalized spacial score (nSPS) is 24.3. The molecule has 5 nitrogen and oxygen atoms in total. The van der Waals surface area contributed by atoms with Crippen LogP contribution in [0.1, 0.15) is 31.2 Å². The molecule has 0 saturated heterocycles. The summed E-state index contributed by atoms with van der Waals surface area (Å²) >= 11 is 0. The Bertz CT molecular complexity index is 513. The quantitative estimate of drug-likeness (QED) is 0.719. The van der Waals surface area contributed by atoms with Crippen molar-refractivity contribution in [2.24, 2.45) is 0 Å². The second-order valence-corrected chi connectivity index (χ2v) is 6.83. The van der Waals surface area contributed by atoms with Crippen molar-refractivity contribution in [1.29, 1.82) is 0 Å². The molecule has 0 bridgehead atoms. The van der Waals surface area contributed by atoms with E-state index in [2.05, 4.69) is 4.72 Å². The second-order valence-electron chi connectivity index (χ2n) is 5.08. The number of rotatable bonds is 4. The zero-order valence-corrected chi connectivity index (χ0v) is 11.6. The Morgan fingerprint density at radius 2 is 1.84 bits per heavy atom. The fourth-order valence-electron chi connectivity index (χ4n) is 2.35. The predicted molar refractivity (Wildman–Crippen MR) is 74.9 cm³/mol. The predicted octanol–water partition coefficient (Wildman–Crippen LogP) is 0.992. The van der Waals surface area contributed by atoms with Gasteiger partial charge in [0.2, 0.25) is 10.0 Å². The minimum absolute atomic E-state index is 0.0868. The lowest BCUT2D eigenvalue weighted by Crippen LogP contribution is -2.45. The molecule has 0 spiro atoms. The van der Waals surface area contributed by atoms with Crippen molar-refractivity contribution in [3.05, 3.63) is 29.8 Å². The summed E-state index contributed by atoms with van der Waals surface area (Å²) in [5.74, 6) is -0.0868. The average molecular weight is 284 g/mol. The summed E-state index contributed by atoms with van der Waals surface area (Å²) in [7, 11) is -3.43. The van der Waals surface area contributed by atoms with Gasteiger partial charge < -0.3 is 10.8 Å². The van der Waals surface area contributed by atoms with E-state index in [-0.39, 0.29) is 11.8 Å². The SMILES string of the molecule is Nc1ccc(CS(=O)(=O)NC2CCCCC2O)cc1. The fraction of sp³-hybridized carbons (Fsp3) is 0.538. The van der Waals surface area contributed by atoms with Gasteiger partial charge in [-0.05, 0) is 30.5 Å². The van der Waals surface area contributed by atoms with E-state index in [1.807, 2.05) is 0 Å². The minimum atomic E-state index is -3.43. The first-order valence-electron chi connectivity index (χ1n) is 6.49. The number of nitrogens with two attached hydrogens (primary N) is 1. The number of benzene rings is 1. The lowest BCUT2D eigenvalue weighted by atomic mass is 9.93. The Morgan fingerprint density at radius 3 is 2.47 bits per heavy atom. The smallest absolute Gasteiger partial charge is 0.216 e. The third-order valence-electron chi connectivity index (χ3n) is 3.40. The molecule has 1 fully saturated rings. The highest BCUT2D eigenvalue weighted by Gasteiger charge is 2.27. The number of hydrogen-bond donors (Lipinski definition) is 3. The largest absolute Gasteiger partial charge is 0.399 e. The van der Waals surface area contributed by atoms with Crippen LogP contribution in [0, 0.1) is 0 Å². The van der Waals surface area contributed by atoms with Gasteiger partial charge in [0, 0.05) is 11.7 Å². The second kappa shape index (κ2) is 5.90. The maximum absolute atomic E-state index is 12.0. The van der Waals surface area contributed by atoms with Crippen molar-refractivity contribution < 1.29 is 13.5 Å². The number of hydrogen-bond acceptors (Lipinski definition) is 4. The third-order valence-corrected chi connectivity index (χ3v) is 4.77. The number of nitrogens with one attached hydrogen (secondary N) is 1. The van der Waals surface area contributed by atoms with Crippen molar-refractivity contribution in [1.82, 2.24) is 4.72 Å². The molecule has 6 heteroatoms. The molecule has 0 radical (unpaired) electrons. The van der Waals surface area contributed by atoms with Crippen molar-refractivity contribution >= 4 is 15.7 Å². The number of aliphatic hydroxyl groups excluding tert-OH is 1. The van der Waals surface area contributed by atoms with Gasteiger partial charge in [-0.3, -0.25) is 0 Å². The van der Waals surface area contributed by atoms with Gasteiger partial charge in [-0.25, -0.2) is 13.1 Å². The summed E-state index contributed by atoms with van der Waals surface area (Å²) in [6, 6.07) is 6.41. The van der Waals surface area contributed by atoms with Crippen LogP contribution in [0.2, 0.25) is 0 Å². The van der Waals surface area contributed by atoms with Crippen molar-refractivity contribution in [2.45, 2.75) is 43.6 Å². The molecule has 4 N–H and O–H groups in total. The topological polar surface area (TPSA) is 92.4 Å². The average Bonchev–Trinajstić information content (AvgIpc) is 2.35. The lowest BCUT2D eigenvalue weighted by molar-refractivity contribution is 0.101. The number of aliphatic hydroxyl groups is 1. The maximum Gasteiger partial charge on any atom is 0.216 e. The third kappa shape index (κ3) is 4.19. The van der Waals surface area contributed by atoms with Crippen LogP contribution in [0.4, 0.5) is 5.69 Å². The van der Waals surface area contributed by atoms with E-state index in [4.69, 9.17) is 5.73 Å². The molecule has 1 aromatic rings. The monoisotopic (exact) mass is 284 g/mol. The summed E-state index contributed by atoms with van der Waals surface area (Å²) in [5, 5.41) is 9.79. The van der Waals surface area contributed by atoms with E-state index >= 15 is 0 Å². The van der Waals surface area contributed by atoms with Gasteiger partial charge in [0.05, 0.1) is 11.9 Å². The first kappa shape index (κ1) is 14.3. The first-order valence-corrected chi connectivity index (χ1v) is 8.14. The molecule has 0 aliphatic heterocycles. The molecule has 0 heterocycles. The van der Waals surface area contributed by atoms with Gasteiger partial charge >= 0.3 is 0 Å². The molecule has 0 aromatic heterocycles. The minimum Gasteiger partial charge on any atom is -0.399 e. The zero-order chi connectivity index (χ0) is 13.9. The van der Waals surface area contributed by atoms with Crippen LogP contribution in [0.5, 0.6) is 0 Å². The summed E-state index contributed by atoms with van der Waals surface area (Å²) in [6.45, 7) is 0. The van der Waals surface area contributed by atoms with Gasteiger partial charge in [-0.2, -0.15) is 0 Å². The summed E-state index contributed by atoms with van der Waals surface area (Å²) in [5.41, 5.74) is 6.86. The summed E-state index contributed by atoms with van der Waals surface area (Å²) < 4.78 is 26.7. The fourth-order valence-corrected chi connectivity index (χ4v) is 3.81. The molecule has 2 unspecified atom stereocenters. The molecule has 1 aromatic carbocycles. The highest BCUT2D eigenvalue weighted by Crippen LogP contribution is 2.19. The Labute approximate surface area is 113 Å². The lowest BCUT2D eigenvalue weighted by Gasteiger charge is -2.28. The van der Waals surface area contributed by atoms with E-state index in [9.17, 15) is 13.5 Å². The molecule has 2 atom stereocenters. The highest BCUT2D eigenvalue weighted by molar-refractivity contribution is 7.88. The van der Waals surface area contributed by atoms with Crippen LogP contribution < -0.4 is 10.5 Å². The van der Waals surface area contributed by atoms with E-state index in [1.165, 1.54) is 0 Å². The molecule has 19 heavy (non-hydrogen) atoms.